The molecule has 1 aromatic heterocycles. The molecule has 0 bridgehead atoms. The van der Waals surface area contributed by atoms with Crippen LogP contribution in [0.3, 0.4) is 0 Å². The van der Waals surface area contributed by atoms with Crippen LogP contribution in [0.5, 0.6) is 5.75 Å². The van der Waals surface area contributed by atoms with Crippen LogP contribution in [0.1, 0.15) is 44.7 Å². The maximum absolute atomic E-state index is 11.4. The first-order valence-corrected chi connectivity index (χ1v) is 12.4. The number of carbonyl (C=O) groups excluding carboxylic acids is 1. The smallest absolute Gasteiger partial charge is 0.258 e. The van der Waals surface area contributed by atoms with Gasteiger partial charge in [-0.15, -0.1) is 0 Å². The highest BCUT2D eigenvalue weighted by Crippen LogP contribution is 2.30. The largest absolute Gasteiger partial charge is 0.489 e. The average molecular weight is 478 g/mol. The lowest BCUT2D eigenvalue weighted by Gasteiger charge is -2.19. The number of hydrogen-bond acceptors (Lipinski definition) is 7. The van der Waals surface area contributed by atoms with Crippen molar-refractivity contribution >= 4 is 11.6 Å². The highest BCUT2D eigenvalue weighted by Gasteiger charge is 2.17. The molecule has 2 heterocycles. The molecule has 1 aliphatic rings. The third kappa shape index (κ3) is 6.39. The van der Waals surface area contributed by atoms with E-state index in [0.717, 1.165) is 56.6 Å². The van der Waals surface area contributed by atoms with E-state index < -0.39 is 0 Å². The van der Waals surface area contributed by atoms with E-state index in [0.29, 0.717) is 29.6 Å². The Morgan fingerprint density at radius 2 is 1.91 bits per heavy atom. The number of hydrogen-bond donors (Lipinski definition) is 2. The molecule has 0 saturated heterocycles. The molecule has 8 nitrogen and oxygen atoms in total. The second kappa shape index (κ2) is 11.4. The first kappa shape index (κ1) is 24.7. The Bertz CT molecular complexity index is 1160. The minimum atomic E-state index is 0.0481. The first-order valence-electron chi connectivity index (χ1n) is 12.4. The molecule has 0 saturated carbocycles. The number of nitrogens with two attached hydrogens (primary N) is 1. The molecule has 0 radical (unpaired) electrons. The summed E-state index contributed by atoms with van der Waals surface area (Å²) in [6, 6.07) is 11.9. The van der Waals surface area contributed by atoms with Crippen molar-refractivity contribution in [1.29, 1.82) is 0 Å². The van der Waals surface area contributed by atoms with Crippen molar-refractivity contribution in [2.45, 2.75) is 52.6 Å². The third-order valence-electron chi connectivity index (χ3n) is 6.20. The topological polar surface area (TPSA) is 107 Å². The van der Waals surface area contributed by atoms with E-state index in [2.05, 4.69) is 38.6 Å². The van der Waals surface area contributed by atoms with Crippen LogP contribution in [-0.2, 0) is 17.6 Å². The van der Waals surface area contributed by atoms with E-state index in [9.17, 15) is 4.79 Å². The predicted molar refractivity (Wildman–Crippen MR) is 137 cm³/mol. The van der Waals surface area contributed by atoms with E-state index in [1.165, 1.54) is 11.1 Å². The second-order valence-corrected chi connectivity index (χ2v) is 9.22. The third-order valence-corrected chi connectivity index (χ3v) is 6.20. The molecule has 0 fully saturated rings. The minimum Gasteiger partial charge on any atom is -0.489 e. The van der Waals surface area contributed by atoms with Crippen molar-refractivity contribution in [3.05, 3.63) is 47.5 Å². The van der Waals surface area contributed by atoms with E-state index >= 15 is 0 Å². The average Bonchev–Trinajstić information content (AvgIpc) is 3.25. The number of carbonyl (C=O) groups is 1. The van der Waals surface area contributed by atoms with Gasteiger partial charge in [0.1, 0.15) is 5.75 Å². The predicted octanol–water partition coefficient (Wildman–Crippen LogP) is 4.09. The summed E-state index contributed by atoms with van der Waals surface area (Å²) in [4.78, 5) is 18.5. The summed E-state index contributed by atoms with van der Waals surface area (Å²) >= 11 is 0. The van der Waals surface area contributed by atoms with E-state index in [-0.39, 0.29) is 12.0 Å². The zero-order valence-corrected chi connectivity index (χ0v) is 20.8. The SMILES string of the molecule is CCC(=O)NCCCN1CCc2ccc(-c3noc(-c4ccc(OC(C)C)c(N)c4)n3)cc2CC1. The van der Waals surface area contributed by atoms with Gasteiger partial charge in [-0.1, -0.05) is 24.2 Å². The van der Waals surface area contributed by atoms with Gasteiger partial charge in [0.2, 0.25) is 11.7 Å². The van der Waals surface area contributed by atoms with Crippen molar-refractivity contribution < 1.29 is 14.1 Å². The molecule has 4 rings (SSSR count). The van der Waals surface area contributed by atoms with Crippen molar-refractivity contribution in [2.24, 2.45) is 0 Å². The second-order valence-electron chi connectivity index (χ2n) is 9.22. The molecule has 35 heavy (non-hydrogen) atoms. The van der Waals surface area contributed by atoms with Crippen LogP contribution < -0.4 is 15.8 Å². The summed E-state index contributed by atoms with van der Waals surface area (Å²) in [7, 11) is 0. The van der Waals surface area contributed by atoms with Gasteiger partial charge in [-0.2, -0.15) is 4.98 Å². The Balaban J connectivity index is 1.40. The molecular formula is C27H35N5O3. The van der Waals surface area contributed by atoms with Crippen LogP contribution in [0.4, 0.5) is 5.69 Å². The van der Waals surface area contributed by atoms with Gasteiger partial charge in [-0.05, 0) is 75.0 Å². The van der Waals surface area contributed by atoms with Gasteiger partial charge >= 0.3 is 0 Å². The summed E-state index contributed by atoms with van der Waals surface area (Å²) in [5.74, 6) is 1.76. The highest BCUT2D eigenvalue weighted by molar-refractivity contribution is 5.75. The number of rotatable bonds is 9. The standard InChI is InChI=1S/C27H35N5O3/c1-4-25(33)29-12-5-13-32-14-10-19-6-7-21(16-20(19)11-15-32)26-30-27(35-31-26)22-8-9-24(23(28)17-22)34-18(2)3/h6-9,16-18H,4-5,10-15,28H2,1-3H3,(H,29,33). The van der Waals surface area contributed by atoms with E-state index in [1.54, 1.807) is 6.07 Å². The van der Waals surface area contributed by atoms with Crippen LogP contribution in [-0.4, -0.2) is 53.2 Å². The van der Waals surface area contributed by atoms with Gasteiger partial charge in [-0.3, -0.25) is 4.79 Å². The quantitative estimate of drug-likeness (QED) is 0.353. The van der Waals surface area contributed by atoms with Gasteiger partial charge in [0.05, 0.1) is 11.8 Å². The van der Waals surface area contributed by atoms with Gasteiger partial charge in [0.15, 0.2) is 0 Å². The Morgan fingerprint density at radius 1 is 1.14 bits per heavy atom. The molecule has 0 atom stereocenters. The van der Waals surface area contributed by atoms with Crippen LogP contribution in [0.25, 0.3) is 22.8 Å². The number of ether oxygens (including phenoxy) is 1. The summed E-state index contributed by atoms with van der Waals surface area (Å²) in [5, 5.41) is 7.17. The number of nitrogens with zero attached hydrogens (tertiary/aromatic N) is 3. The van der Waals surface area contributed by atoms with Crippen LogP contribution >= 0.6 is 0 Å². The summed E-state index contributed by atoms with van der Waals surface area (Å²) in [5.41, 5.74) is 11.1. The van der Waals surface area contributed by atoms with Crippen LogP contribution in [0.15, 0.2) is 40.9 Å². The molecule has 0 spiro atoms. The van der Waals surface area contributed by atoms with Gasteiger partial charge in [0, 0.05) is 37.2 Å². The lowest BCUT2D eigenvalue weighted by molar-refractivity contribution is -0.120. The maximum Gasteiger partial charge on any atom is 0.258 e. The van der Waals surface area contributed by atoms with Crippen LogP contribution in [0.2, 0.25) is 0 Å². The number of amides is 1. The van der Waals surface area contributed by atoms with Gasteiger partial charge in [0.25, 0.3) is 5.89 Å². The Hall–Kier alpha value is -3.39. The number of nitrogen functional groups attached to an aromatic ring is 1. The van der Waals surface area contributed by atoms with Crippen molar-refractivity contribution in [2.75, 3.05) is 31.9 Å². The lowest BCUT2D eigenvalue weighted by Crippen LogP contribution is -2.31. The molecule has 8 heteroatoms. The molecule has 0 aliphatic carbocycles. The normalized spacial score (nSPS) is 13.9. The Labute approximate surface area is 206 Å². The molecule has 3 N–H and O–H groups in total. The van der Waals surface area contributed by atoms with Crippen LogP contribution in [0, 0.1) is 0 Å². The molecular weight excluding hydrogens is 442 g/mol. The molecule has 3 aromatic rings. The summed E-state index contributed by atoms with van der Waals surface area (Å²) in [6.45, 7) is 9.55. The zero-order valence-electron chi connectivity index (χ0n) is 20.8. The first-order chi connectivity index (χ1) is 16.9. The number of nitrogens with one attached hydrogen (secondary N) is 1. The molecule has 1 aliphatic heterocycles. The van der Waals surface area contributed by atoms with E-state index in [4.69, 9.17) is 15.0 Å². The highest BCUT2D eigenvalue weighted by atomic mass is 16.5. The van der Waals surface area contributed by atoms with Gasteiger partial charge < -0.3 is 25.2 Å². The summed E-state index contributed by atoms with van der Waals surface area (Å²) < 4.78 is 11.3. The fourth-order valence-electron chi connectivity index (χ4n) is 4.29. The Morgan fingerprint density at radius 3 is 2.66 bits per heavy atom. The number of aromatic nitrogens is 2. The maximum atomic E-state index is 11.4. The minimum absolute atomic E-state index is 0.0481. The molecule has 186 valence electrons. The number of anilines is 1. The molecule has 0 unspecified atom stereocenters. The van der Waals surface area contributed by atoms with Crippen molar-refractivity contribution in [3.63, 3.8) is 0 Å². The summed E-state index contributed by atoms with van der Waals surface area (Å²) in [6.07, 6.45) is 3.54. The monoisotopic (exact) mass is 477 g/mol. The van der Waals surface area contributed by atoms with Crippen molar-refractivity contribution in [1.82, 2.24) is 20.4 Å². The van der Waals surface area contributed by atoms with Gasteiger partial charge in [-0.25, -0.2) is 0 Å². The molecule has 1 amide bonds. The fraction of sp³-hybridized carbons (Fsp3) is 0.444. The van der Waals surface area contributed by atoms with E-state index in [1.807, 2.05) is 32.9 Å². The molecule has 2 aromatic carbocycles. The lowest BCUT2D eigenvalue weighted by atomic mass is 10.00. The van der Waals surface area contributed by atoms with Crippen molar-refractivity contribution in [3.8, 4) is 28.6 Å². The zero-order chi connectivity index (χ0) is 24.8. The fourth-order valence-corrected chi connectivity index (χ4v) is 4.29. The number of benzene rings is 2. The Kier molecular flexibility index (Phi) is 8.02. The number of fused-ring (bicyclic) bond motifs is 1.